The molecule has 0 saturated carbocycles. The Labute approximate surface area is 121 Å². The Morgan fingerprint density at radius 3 is 2.67 bits per heavy atom. The van der Waals surface area contributed by atoms with Crippen LogP contribution in [0.3, 0.4) is 0 Å². The molecule has 1 heterocycles. The third kappa shape index (κ3) is 3.11. The van der Waals surface area contributed by atoms with Crippen molar-refractivity contribution in [3.05, 3.63) is 33.9 Å². The molecular weight excluding hydrogens is 274 g/mol. The number of hydrogen-bond acceptors (Lipinski definition) is 6. The van der Waals surface area contributed by atoms with Gasteiger partial charge in [0.15, 0.2) is 0 Å². The lowest BCUT2D eigenvalue weighted by molar-refractivity contribution is -0.385. The fraction of sp³-hybridized carbons (Fsp3) is 0.429. The molecule has 0 bridgehead atoms. The van der Waals surface area contributed by atoms with Crippen LogP contribution in [0.2, 0.25) is 0 Å². The number of anilines is 1. The number of ether oxygens (including phenoxy) is 1. The average Bonchev–Trinajstić information content (AvgIpc) is 2.53. The second-order valence-electron chi connectivity index (χ2n) is 4.85. The molecule has 0 spiro atoms. The third-order valence-electron chi connectivity index (χ3n) is 3.69. The number of benzene rings is 1. The number of nitriles is 1. The van der Waals surface area contributed by atoms with Crippen LogP contribution < -0.4 is 4.90 Å². The summed E-state index contributed by atoms with van der Waals surface area (Å²) in [6.45, 7) is 1.26. The van der Waals surface area contributed by atoms with Gasteiger partial charge in [-0.05, 0) is 25.0 Å². The van der Waals surface area contributed by atoms with E-state index >= 15 is 0 Å². The zero-order chi connectivity index (χ0) is 15.4. The van der Waals surface area contributed by atoms with Crippen molar-refractivity contribution in [2.75, 3.05) is 25.1 Å². The predicted molar refractivity (Wildman–Crippen MR) is 74.8 cm³/mol. The topological polar surface area (TPSA) is 96.5 Å². The molecule has 0 amide bonds. The molecule has 1 saturated heterocycles. The van der Waals surface area contributed by atoms with Crippen LogP contribution in [0.25, 0.3) is 0 Å². The van der Waals surface area contributed by atoms with Crippen molar-refractivity contribution < 1.29 is 14.5 Å². The normalized spacial score (nSPS) is 15.3. The van der Waals surface area contributed by atoms with Crippen molar-refractivity contribution in [2.45, 2.75) is 12.8 Å². The van der Waals surface area contributed by atoms with Crippen molar-refractivity contribution in [3.63, 3.8) is 0 Å². The Kier molecular flexibility index (Phi) is 4.38. The highest BCUT2D eigenvalue weighted by Gasteiger charge is 2.26. The molecule has 21 heavy (non-hydrogen) atoms. The number of esters is 1. The summed E-state index contributed by atoms with van der Waals surface area (Å²) >= 11 is 0. The van der Waals surface area contributed by atoms with Crippen molar-refractivity contribution in [2.24, 2.45) is 5.92 Å². The van der Waals surface area contributed by atoms with Gasteiger partial charge in [0.1, 0.15) is 11.6 Å². The number of piperidine rings is 1. The van der Waals surface area contributed by atoms with Gasteiger partial charge in [-0.3, -0.25) is 14.9 Å². The Bertz CT molecular complexity index is 601. The number of rotatable bonds is 3. The first-order valence-electron chi connectivity index (χ1n) is 6.58. The SMILES string of the molecule is COC(=O)C1CCN(c2ccc(C#N)c([N+](=O)[O-])c2)CC1. The number of hydrogen-bond donors (Lipinski definition) is 0. The second-order valence-corrected chi connectivity index (χ2v) is 4.85. The summed E-state index contributed by atoms with van der Waals surface area (Å²) in [5.41, 5.74) is 0.558. The Morgan fingerprint density at radius 2 is 2.14 bits per heavy atom. The Hall–Kier alpha value is -2.62. The number of carbonyl (C=O) groups is 1. The van der Waals surface area contributed by atoms with Crippen LogP contribution in [0, 0.1) is 27.4 Å². The number of nitrogens with zero attached hydrogens (tertiary/aromatic N) is 3. The van der Waals surface area contributed by atoms with E-state index < -0.39 is 4.92 Å². The fourth-order valence-electron chi connectivity index (χ4n) is 2.50. The molecule has 0 N–H and O–H groups in total. The van der Waals surface area contributed by atoms with E-state index in [0.29, 0.717) is 31.6 Å². The van der Waals surface area contributed by atoms with Gasteiger partial charge in [0.05, 0.1) is 18.0 Å². The maximum absolute atomic E-state index is 11.5. The van der Waals surface area contributed by atoms with Crippen LogP contribution in [0.5, 0.6) is 0 Å². The van der Waals surface area contributed by atoms with Gasteiger partial charge >= 0.3 is 5.97 Å². The molecule has 0 aliphatic carbocycles. The van der Waals surface area contributed by atoms with Crippen molar-refractivity contribution in [1.82, 2.24) is 0 Å². The van der Waals surface area contributed by atoms with Crippen LogP contribution in [-0.2, 0) is 9.53 Å². The van der Waals surface area contributed by atoms with Crippen LogP contribution >= 0.6 is 0 Å². The molecular formula is C14H15N3O4. The zero-order valence-electron chi connectivity index (χ0n) is 11.6. The maximum atomic E-state index is 11.5. The summed E-state index contributed by atoms with van der Waals surface area (Å²) in [4.78, 5) is 23.9. The molecule has 2 rings (SSSR count). The summed E-state index contributed by atoms with van der Waals surface area (Å²) in [5.74, 6) is -0.319. The van der Waals surface area contributed by atoms with Gasteiger partial charge in [0, 0.05) is 24.8 Å². The first-order valence-corrected chi connectivity index (χ1v) is 6.58. The van der Waals surface area contributed by atoms with E-state index in [0.717, 1.165) is 0 Å². The largest absolute Gasteiger partial charge is 0.469 e. The minimum absolute atomic E-state index is 0.0493. The lowest BCUT2D eigenvalue weighted by atomic mass is 9.96. The minimum atomic E-state index is -0.552. The highest BCUT2D eigenvalue weighted by atomic mass is 16.6. The molecule has 1 aromatic rings. The molecule has 0 aromatic heterocycles. The highest BCUT2D eigenvalue weighted by Crippen LogP contribution is 2.28. The van der Waals surface area contributed by atoms with Crippen molar-refractivity contribution in [1.29, 1.82) is 5.26 Å². The summed E-state index contributed by atoms with van der Waals surface area (Å²) < 4.78 is 4.73. The number of methoxy groups -OCH3 is 1. The summed E-state index contributed by atoms with van der Waals surface area (Å²) in [6, 6.07) is 6.39. The Balaban J connectivity index is 2.14. The number of carbonyl (C=O) groups excluding carboxylic acids is 1. The quantitative estimate of drug-likeness (QED) is 0.478. The standard InChI is InChI=1S/C14H15N3O4/c1-21-14(18)10-4-6-16(7-5-10)12-3-2-11(9-15)13(8-12)17(19)20/h2-3,8,10H,4-7H2,1H3. The lowest BCUT2D eigenvalue weighted by Gasteiger charge is -2.32. The van der Waals surface area contributed by atoms with Crippen LogP contribution in [-0.4, -0.2) is 31.1 Å². The average molecular weight is 289 g/mol. The lowest BCUT2D eigenvalue weighted by Crippen LogP contribution is -2.36. The number of nitro benzene ring substituents is 1. The van der Waals surface area contributed by atoms with Gasteiger partial charge in [0.2, 0.25) is 0 Å². The van der Waals surface area contributed by atoms with E-state index in [1.807, 2.05) is 11.0 Å². The van der Waals surface area contributed by atoms with E-state index in [4.69, 9.17) is 10.00 Å². The highest BCUT2D eigenvalue weighted by molar-refractivity contribution is 5.72. The summed E-state index contributed by atoms with van der Waals surface area (Å²) in [7, 11) is 1.37. The zero-order valence-corrected chi connectivity index (χ0v) is 11.6. The van der Waals surface area contributed by atoms with Crippen molar-refractivity contribution >= 4 is 17.3 Å². The third-order valence-corrected chi connectivity index (χ3v) is 3.69. The van der Waals surface area contributed by atoms with Gasteiger partial charge < -0.3 is 9.64 Å². The smallest absolute Gasteiger partial charge is 0.308 e. The monoisotopic (exact) mass is 289 g/mol. The van der Waals surface area contributed by atoms with Gasteiger partial charge in [0.25, 0.3) is 5.69 Å². The molecule has 1 fully saturated rings. The van der Waals surface area contributed by atoms with E-state index in [1.165, 1.54) is 19.2 Å². The molecule has 1 aromatic carbocycles. The molecule has 0 radical (unpaired) electrons. The predicted octanol–water partition coefficient (Wildman–Crippen LogP) is 1.86. The molecule has 1 aliphatic rings. The molecule has 7 heteroatoms. The number of nitro groups is 1. The van der Waals surface area contributed by atoms with Gasteiger partial charge in [-0.25, -0.2) is 0 Å². The maximum Gasteiger partial charge on any atom is 0.308 e. The molecule has 7 nitrogen and oxygen atoms in total. The summed E-state index contributed by atoms with van der Waals surface area (Å²) in [6.07, 6.45) is 1.31. The van der Waals surface area contributed by atoms with Gasteiger partial charge in [-0.15, -0.1) is 0 Å². The minimum Gasteiger partial charge on any atom is -0.469 e. The van der Waals surface area contributed by atoms with Gasteiger partial charge in [-0.1, -0.05) is 0 Å². The van der Waals surface area contributed by atoms with E-state index in [1.54, 1.807) is 6.07 Å². The van der Waals surface area contributed by atoms with Gasteiger partial charge in [-0.2, -0.15) is 5.26 Å². The van der Waals surface area contributed by atoms with E-state index in [-0.39, 0.29) is 23.1 Å². The first kappa shape index (κ1) is 14.8. The van der Waals surface area contributed by atoms with E-state index in [2.05, 4.69) is 0 Å². The molecule has 110 valence electrons. The second kappa shape index (κ2) is 6.22. The van der Waals surface area contributed by atoms with Crippen molar-refractivity contribution in [3.8, 4) is 6.07 Å². The van der Waals surface area contributed by atoms with E-state index in [9.17, 15) is 14.9 Å². The Morgan fingerprint density at radius 1 is 1.48 bits per heavy atom. The molecule has 0 unspecified atom stereocenters. The molecule has 1 aliphatic heterocycles. The van der Waals surface area contributed by atoms with Crippen LogP contribution in [0.4, 0.5) is 11.4 Å². The fourth-order valence-corrected chi connectivity index (χ4v) is 2.50. The summed E-state index contributed by atoms with van der Waals surface area (Å²) in [5, 5.41) is 19.8. The molecule has 0 atom stereocenters. The first-order chi connectivity index (χ1) is 10.1. The van der Waals surface area contributed by atoms with Crippen LogP contribution in [0.15, 0.2) is 18.2 Å². The van der Waals surface area contributed by atoms with Crippen LogP contribution in [0.1, 0.15) is 18.4 Å².